The van der Waals surface area contributed by atoms with Crippen LogP contribution in [0.4, 0.5) is 8.78 Å². The number of amides is 1. The number of halogens is 2. The first kappa shape index (κ1) is 15.3. The molecular formula is C14H17F2NO2S. The second-order valence-corrected chi connectivity index (χ2v) is 5.74. The highest BCUT2D eigenvalue weighted by molar-refractivity contribution is 7.99. The summed E-state index contributed by atoms with van der Waals surface area (Å²) in [4.78, 5) is 14.4. The van der Waals surface area contributed by atoms with Crippen molar-refractivity contribution in [3.63, 3.8) is 0 Å². The first-order valence-corrected chi connectivity index (χ1v) is 7.47. The van der Waals surface area contributed by atoms with Gasteiger partial charge in [0.05, 0.1) is 18.2 Å². The van der Waals surface area contributed by atoms with E-state index in [9.17, 15) is 18.7 Å². The Morgan fingerprint density at radius 3 is 2.85 bits per heavy atom. The van der Waals surface area contributed by atoms with Gasteiger partial charge >= 0.3 is 0 Å². The van der Waals surface area contributed by atoms with Crippen molar-refractivity contribution < 1.29 is 18.7 Å². The molecular weight excluding hydrogens is 284 g/mol. The van der Waals surface area contributed by atoms with Crippen LogP contribution in [0, 0.1) is 0 Å². The summed E-state index contributed by atoms with van der Waals surface area (Å²) in [6.07, 6.45) is 2.61. The molecule has 0 aliphatic carbocycles. The molecule has 1 heterocycles. The molecule has 1 amide bonds. The van der Waals surface area contributed by atoms with E-state index in [4.69, 9.17) is 0 Å². The summed E-state index contributed by atoms with van der Waals surface area (Å²) in [6, 6.07) is 6.20. The molecule has 2 rings (SSSR count). The first-order valence-electron chi connectivity index (χ1n) is 6.59. The Balaban J connectivity index is 2.23. The molecule has 0 aromatic heterocycles. The summed E-state index contributed by atoms with van der Waals surface area (Å²) in [5, 5.41) is 9.35. The zero-order valence-corrected chi connectivity index (χ0v) is 11.8. The molecule has 1 atom stereocenters. The second kappa shape index (κ2) is 7.04. The van der Waals surface area contributed by atoms with Crippen LogP contribution in [-0.2, 0) is 0 Å². The summed E-state index contributed by atoms with van der Waals surface area (Å²) >= 11 is 0.383. The summed E-state index contributed by atoms with van der Waals surface area (Å²) in [7, 11) is 0. The van der Waals surface area contributed by atoms with E-state index in [1.54, 1.807) is 23.1 Å². The monoisotopic (exact) mass is 301 g/mol. The number of thioether (sulfide) groups is 1. The number of piperidine rings is 1. The summed E-state index contributed by atoms with van der Waals surface area (Å²) in [5.41, 5.74) is 0.290. The summed E-state index contributed by atoms with van der Waals surface area (Å²) in [6.45, 7) is 0.480. The van der Waals surface area contributed by atoms with Crippen molar-refractivity contribution in [1.82, 2.24) is 4.90 Å². The van der Waals surface area contributed by atoms with E-state index < -0.39 is 5.76 Å². The summed E-state index contributed by atoms with van der Waals surface area (Å²) < 4.78 is 25.1. The minimum atomic E-state index is -2.56. The van der Waals surface area contributed by atoms with Gasteiger partial charge < -0.3 is 10.0 Å². The van der Waals surface area contributed by atoms with Gasteiger partial charge in [0, 0.05) is 11.4 Å². The van der Waals surface area contributed by atoms with Crippen LogP contribution in [0.3, 0.4) is 0 Å². The molecule has 1 unspecified atom stereocenters. The largest absolute Gasteiger partial charge is 0.394 e. The summed E-state index contributed by atoms with van der Waals surface area (Å²) in [5.74, 6) is -2.83. The molecule has 1 saturated heterocycles. The highest BCUT2D eigenvalue weighted by Gasteiger charge is 2.28. The Morgan fingerprint density at radius 1 is 1.40 bits per heavy atom. The van der Waals surface area contributed by atoms with Gasteiger partial charge in [-0.3, -0.25) is 4.79 Å². The number of carbonyl (C=O) groups excluding carboxylic acids is 1. The Morgan fingerprint density at radius 2 is 2.15 bits per heavy atom. The van der Waals surface area contributed by atoms with Crippen molar-refractivity contribution in [1.29, 1.82) is 0 Å². The van der Waals surface area contributed by atoms with Crippen LogP contribution in [0.5, 0.6) is 0 Å². The van der Waals surface area contributed by atoms with Gasteiger partial charge in [-0.1, -0.05) is 23.9 Å². The van der Waals surface area contributed by atoms with Gasteiger partial charge in [-0.25, -0.2) is 0 Å². The number of aliphatic hydroxyl groups excluding tert-OH is 1. The number of nitrogens with zero attached hydrogens (tertiary/aromatic N) is 1. The molecule has 0 bridgehead atoms. The normalized spacial score (nSPS) is 19.4. The van der Waals surface area contributed by atoms with Gasteiger partial charge in [0.25, 0.3) is 11.7 Å². The van der Waals surface area contributed by atoms with Crippen molar-refractivity contribution in [2.24, 2.45) is 0 Å². The van der Waals surface area contributed by atoms with Crippen LogP contribution in [-0.4, -0.2) is 40.9 Å². The van der Waals surface area contributed by atoms with E-state index in [0.29, 0.717) is 18.3 Å². The van der Waals surface area contributed by atoms with Gasteiger partial charge in [-0.05, 0) is 31.4 Å². The quantitative estimate of drug-likeness (QED) is 0.869. The lowest BCUT2D eigenvalue weighted by Gasteiger charge is -2.35. The van der Waals surface area contributed by atoms with Gasteiger partial charge in [0.1, 0.15) is 0 Å². The lowest BCUT2D eigenvalue weighted by Crippen LogP contribution is -2.45. The van der Waals surface area contributed by atoms with E-state index in [0.717, 1.165) is 19.3 Å². The average Bonchev–Trinajstić information content (AvgIpc) is 2.46. The number of hydrogen-bond donors (Lipinski definition) is 1. The minimum Gasteiger partial charge on any atom is -0.394 e. The zero-order valence-electron chi connectivity index (χ0n) is 11.0. The number of rotatable bonds is 4. The second-order valence-electron chi connectivity index (χ2n) is 4.71. The average molecular weight is 301 g/mol. The van der Waals surface area contributed by atoms with Gasteiger partial charge in [0.2, 0.25) is 0 Å². The van der Waals surface area contributed by atoms with Crippen LogP contribution in [0.2, 0.25) is 0 Å². The molecule has 0 saturated carbocycles. The maximum atomic E-state index is 12.5. The number of carbonyl (C=O) groups is 1. The third-order valence-corrected chi connectivity index (χ3v) is 4.22. The number of aliphatic hydroxyl groups is 1. The fourth-order valence-corrected chi connectivity index (χ4v) is 3.09. The Hall–Kier alpha value is -1.14. The Labute approximate surface area is 121 Å². The third kappa shape index (κ3) is 3.49. The van der Waals surface area contributed by atoms with Crippen LogP contribution >= 0.6 is 11.8 Å². The van der Waals surface area contributed by atoms with Crippen LogP contribution in [0.1, 0.15) is 29.6 Å². The third-order valence-electron chi connectivity index (χ3n) is 3.43. The molecule has 1 aliphatic heterocycles. The molecule has 1 N–H and O–H groups in total. The van der Waals surface area contributed by atoms with Crippen molar-refractivity contribution >= 4 is 17.7 Å². The molecule has 0 radical (unpaired) electrons. The molecule has 110 valence electrons. The SMILES string of the molecule is O=C(c1ccccc1SC(F)F)N1CCCCC1CO. The van der Waals surface area contributed by atoms with Crippen molar-refractivity contribution in [2.75, 3.05) is 13.2 Å². The van der Waals surface area contributed by atoms with E-state index in [-0.39, 0.29) is 29.0 Å². The van der Waals surface area contributed by atoms with E-state index >= 15 is 0 Å². The number of hydrogen-bond acceptors (Lipinski definition) is 3. The fourth-order valence-electron chi connectivity index (χ4n) is 2.45. The zero-order chi connectivity index (χ0) is 14.5. The number of likely N-dealkylation sites (tertiary alicyclic amines) is 1. The van der Waals surface area contributed by atoms with E-state index in [1.807, 2.05) is 0 Å². The predicted molar refractivity (Wildman–Crippen MR) is 74.1 cm³/mol. The smallest absolute Gasteiger partial charge is 0.288 e. The molecule has 1 aromatic rings. The Kier molecular flexibility index (Phi) is 5.37. The van der Waals surface area contributed by atoms with Gasteiger partial charge in [-0.2, -0.15) is 8.78 Å². The molecule has 1 fully saturated rings. The Bertz CT molecular complexity index is 470. The highest BCUT2D eigenvalue weighted by atomic mass is 32.2. The molecule has 6 heteroatoms. The number of benzene rings is 1. The molecule has 3 nitrogen and oxygen atoms in total. The molecule has 1 aliphatic rings. The van der Waals surface area contributed by atoms with Crippen LogP contribution in [0.15, 0.2) is 29.2 Å². The van der Waals surface area contributed by atoms with Gasteiger partial charge in [0.15, 0.2) is 0 Å². The lowest BCUT2D eigenvalue weighted by molar-refractivity contribution is 0.0499. The molecule has 1 aromatic carbocycles. The van der Waals surface area contributed by atoms with Crippen LogP contribution in [0.25, 0.3) is 0 Å². The maximum absolute atomic E-state index is 12.5. The molecule has 20 heavy (non-hydrogen) atoms. The predicted octanol–water partition coefficient (Wildman–Crippen LogP) is 2.99. The highest BCUT2D eigenvalue weighted by Crippen LogP contribution is 2.30. The fraction of sp³-hybridized carbons (Fsp3) is 0.500. The van der Waals surface area contributed by atoms with Crippen molar-refractivity contribution in [3.8, 4) is 0 Å². The maximum Gasteiger partial charge on any atom is 0.288 e. The lowest BCUT2D eigenvalue weighted by atomic mass is 10.0. The van der Waals surface area contributed by atoms with Crippen molar-refractivity contribution in [2.45, 2.75) is 36.0 Å². The van der Waals surface area contributed by atoms with Crippen LogP contribution < -0.4 is 0 Å². The van der Waals surface area contributed by atoms with Gasteiger partial charge in [-0.15, -0.1) is 0 Å². The topological polar surface area (TPSA) is 40.5 Å². The first-order chi connectivity index (χ1) is 9.63. The number of alkyl halides is 2. The molecule has 0 spiro atoms. The minimum absolute atomic E-state index is 0.0874. The van der Waals surface area contributed by atoms with E-state index in [2.05, 4.69) is 0 Å². The standard InChI is InChI=1S/C14H17F2NO2S/c15-14(16)20-12-7-2-1-6-11(12)13(19)17-8-4-3-5-10(17)9-18/h1-2,6-7,10,14,18H,3-5,8-9H2. The van der Waals surface area contributed by atoms with Crippen molar-refractivity contribution in [3.05, 3.63) is 29.8 Å². The van der Waals surface area contributed by atoms with E-state index in [1.165, 1.54) is 6.07 Å².